The van der Waals surface area contributed by atoms with E-state index >= 15 is 0 Å². The Labute approximate surface area is 102 Å². The van der Waals surface area contributed by atoms with Gasteiger partial charge in [-0.1, -0.05) is 0 Å². The van der Waals surface area contributed by atoms with Crippen molar-refractivity contribution in [2.24, 2.45) is 10.2 Å². The van der Waals surface area contributed by atoms with Gasteiger partial charge in [0.25, 0.3) is 0 Å². The normalized spacial score (nSPS) is 11.0. The van der Waals surface area contributed by atoms with Gasteiger partial charge in [0.15, 0.2) is 0 Å². The van der Waals surface area contributed by atoms with Crippen LogP contribution in [0, 0.1) is 13.8 Å². The number of nitrogens with one attached hydrogen (secondary N) is 2. The van der Waals surface area contributed by atoms with Crippen LogP contribution in [0.25, 0.3) is 0 Å². The highest BCUT2D eigenvalue weighted by atomic mass is 16.1. The molecule has 0 fully saturated rings. The molecule has 6 heteroatoms. The molecule has 2 aromatic heterocycles. The van der Waals surface area contributed by atoms with Crippen molar-refractivity contribution in [3.63, 3.8) is 0 Å². The number of aromatic nitrogens is 2. The third kappa shape index (κ3) is 2.60. The van der Waals surface area contributed by atoms with Crippen LogP contribution in [0.2, 0.25) is 0 Å². The van der Waals surface area contributed by atoms with E-state index in [4.69, 9.17) is 0 Å². The van der Waals surface area contributed by atoms with Crippen molar-refractivity contribution in [1.82, 2.24) is 9.97 Å². The van der Waals surface area contributed by atoms with Crippen molar-refractivity contribution in [1.29, 1.82) is 0 Å². The molecule has 2 heterocycles. The highest BCUT2D eigenvalue weighted by Crippen LogP contribution is 2.20. The van der Waals surface area contributed by atoms with Crippen LogP contribution in [0.1, 0.15) is 11.1 Å². The Bertz CT molecular complexity index is 651. The third-order valence-electron chi connectivity index (χ3n) is 2.47. The summed E-state index contributed by atoms with van der Waals surface area (Å²) in [5.41, 5.74) is 2.10. The summed E-state index contributed by atoms with van der Waals surface area (Å²) < 4.78 is 0. The Kier molecular flexibility index (Phi) is 3.18. The zero-order chi connectivity index (χ0) is 13.1. The second-order valence-corrected chi connectivity index (χ2v) is 3.93. The number of nitrogens with zero attached hydrogens (tertiary/aromatic N) is 2. The summed E-state index contributed by atoms with van der Waals surface area (Å²) in [6.07, 6.45) is 3.14. The smallest absolute Gasteiger partial charge is 0.250 e. The lowest BCUT2D eigenvalue weighted by Crippen LogP contribution is -2.02. The van der Waals surface area contributed by atoms with Crippen molar-refractivity contribution in [3.05, 3.63) is 56.4 Å². The lowest BCUT2D eigenvalue weighted by Gasteiger charge is -1.98. The number of aryl methyl sites for hydroxylation is 2. The van der Waals surface area contributed by atoms with E-state index in [1.165, 1.54) is 12.1 Å². The van der Waals surface area contributed by atoms with E-state index < -0.39 is 0 Å². The summed E-state index contributed by atoms with van der Waals surface area (Å²) in [6, 6.07) is 2.72. The first-order chi connectivity index (χ1) is 8.56. The molecule has 0 amide bonds. The number of hydrogen-bond acceptors (Lipinski definition) is 4. The molecule has 0 aliphatic rings. The highest BCUT2D eigenvalue weighted by Gasteiger charge is 2.00. The average molecular weight is 244 g/mol. The van der Waals surface area contributed by atoms with Crippen LogP contribution in [0.4, 0.5) is 11.4 Å². The van der Waals surface area contributed by atoms with Gasteiger partial charge >= 0.3 is 0 Å². The number of rotatable bonds is 2. The SMILES string of the molecule is Cc1c[nH]c(=O)cc1N=Nc1cc(=O)[nH]cc1C. The summed E-state index contributed by atoms with van der Waals surface area (Å²) in [5, 5.41) is 7.98. The first kappa shape index (κ1) is 12.0. The van der Waals surface area contributed by atoms with Crippen molar-refractivity contribution in [2.45, 2.75) is 13.8 Å². The fourth-order valence-electron chi connectivity index (χ4n) is 1.39. The molecule has 18 heavy (non-hydrogen) atoms. The Morgan fingerprint density at radius 2 is 1.22 bits per heavy atom. The van der Waals surface area contributed by atoms with Crippen LogP contribution in [0.3, 0.4) is 0 Å². The van der Waals surface area contributed by atoms with Gasteiger partial charge in [-0.05, 0) is 25.0 Å². The fraction of sp³-hybridized carbons (Fsp3) is 0.167. The second kappa shape index (κ2) is 4.79. The van der Waals surface area contributed by atoms with Gasteiger partial charge in [0.1, 0.15) is 0 Å². The number of hydrogen-bond donors (Lipinski definition) is 2. The van der Waals surface area contributed by atoms with E-state index in [0.717, 1.165) is 11.1 Å². The second-order valence-electron chi connectivity index (χ2n) is 3.93. The molecule has 0 bridgehead atoms. The van der Waals surface area contributed by atoms with Crippen LogP contribution in [0.5, 0.6) is 0 Å². The molecule has 0 saturated heterocycles. The Hall–Kier alpha value is -2.50. The molecule has 6 nitrogen and oxygen atoms in total. The minimum absolute atomic E-state index is 0.239. The monoisotopic (exact) mass is 244 g/mol. The number of aromatic amines is 2. The maximum atomic E-state index is 11.2. The van der Waals surface area contributed by atoms with Gasteiger partial charge in [0, 0.05) is 24.5 Å². The number of pyridine rings is 2. The van der Waals surface area contributed by atoms with Crippen LogP contribution in [-0.2, 0) is 0 Å². The summed E-state index contributed by atoms with van der Waals surface area (Å²) in [6.45, 7) is 3.63. The van der Waals surface area contributed by atoms with Gasteiger partial charge in [-0.2, -0.15) is 10.2 Å². The number of H-pyrrole nitrogens is 2. The Morgan fingerprint density at radius 1 is 0.833 bits per heavy atom. The van der Waals surface area contributed by atoms with E-state index in [9.17, 15) is 9.59 Å². The topological polar surface area (TPSA) is 90.4 Å². The molecule has 0 aliphatic heterocycles. The van der Waals surface area contributed by atoms with Gasteiger partial charge in [0.05, 0.1) is 11.4 Å². The lowest BCUT2D eigenvalue weighted by atomic mass is 10.2. The minimum Gasteiger partial charge on any atom is -0.329 e. The van der Waals surface area contributed by atoms with Crippen molar-refractivity contribution in [2.75, 3.05) is 0 Å². The largest absolute Gasteiger partial charge is 0.329 e. The molecular formula is C12H12N4O2. The Morgan fingerprint density at radius 3 is 1.61 bits per heavy atom. The molecule has 0 atom stereocenters. The lowest BCUT2D eigenvalue weighted by molar-refractivity contribution is 1.12. The Balaban J connectivity index is 2.41. The molecule has 0 aliphatic carbocycles. The van der Waals surface area contributed by atoms with Gasteiger partial charge in [0.2, 0.25) is 11.1 Å². The van der Waals surface area contributed by atoms with Crippen LogP contribution in [0.15, 0.2) is 44.3 Å². The maximum absolute atomic E-state index is 11.2. The predicted octanol–water partition coefficient (Wildman–Crippen LogP) is 2.10. The van der Waals surface area contributed by atoms with E-state index in [-0.39, 0.29) is 11.1 Å². The molecule has 0 saturated carbocycles. The van der Waals surface area contributed by atoms with Crippen molar-refractivity contribution in [3.8, 4) is 0 Å². The standard InChI is InChI=1S/C12H12N4O2/c1-7-5-13-11(17)3-9(7)15-16-10-4-12(18)14-6-8(10)2/h3-6H,1-2H3,(H,13,17)(H,14,18). The van der Waals surface area contributed by atoms with E-state index in [0.29, 0.717) is 11.4 Å². The van der Waals surface area contributed by atoms with E-state index in [1.807, 2.05) is 13.8 Å². The van der Waals surface area contributed by atoms with Gasteiger partial charge in [-0.25, -0.2) is 0 Å². The van der Waals surface area contributed by atoms with E-state index in [1.54, 1.807) is 12.4 Å². The molecule has 2 rings (SSSR count). The first-order valence-corrected chi connectivity index (χ1v) is 5.36. The molecule has 2 N–H and O–H groups in total. The summed E-state index contributed by atoms with van der Waals surface area (Å²) >= 11 is 0. The van der Waals surface area contributed by atoms with Crippen molar-refractivity contribution >= 4 is 11.4 Å². The van der Waals surface area contributed by atoms with Crippen LogP contribution >= 0.6 is 0 Å². The zero-order valence-electron chi connectivity index (χ0n) is 10.0. The highest BCUT2D eigenvalue weighted by molar-refractivity contribution is 5.45. The van der Waals surface area contributed by atoms with Gasteiger partial charge < -0.3 is 9.97 Å². The van der Waals surface area contributed by atoms with Gasteiger partial charge in [-0.3, -0.25) is 9.59 Å². The van der Waals surface area contributed by atoms with E-state index in [2.05, 4.69) is 20.2 Å². The molecule has 0 unspecified atom stereocenters. The zero-order valence-corrected chi connectivity index (χ0v) is 10.0. The minimum atomic E-state index is -0.239. The fourth-order valence-corrected chi connectivity index (χ4v) is 1.39. The molecular weight excluding hydrogens is 232 g/mol. The van der Waals surface area contributed by atoms with Gasteiger partial charge in [-0.15, -0.1) is 0 Å². The number of azo groups is 1. The quantitative estimate of drug-likeness (QED) is 0.792. The maximum Gasteiger partial charge on any atom is 0.250 e. The van der Waals surface area contributed by atoms with Crippen molar-refractivity contribution < 1.29 is 0 Å². The molecule has 92 valence electrons. The summed E-state index contributed by atoms with van der Waals surface area (Å²) in [4.78, 5) is 27.4. The molecule has 0 spiro atoms. The summed E-state index contributed by atoms with van der Waals surface area (Å²) in [7, 11) is 0. The predicted molar refractivity (Wildman–Crippen MR) is 67.8 cm³/mol. The average Bonchev–Trinajstić information content (AvgIpc) is 2.34. The molecule has 0 radical (unpaired) electrons. The summed E-state index contributed by atoms with van der Waals surface area (Å²) in [5.74, 6) is 0. The molecule has 2 aromatic rings. The van der Waals surface area contributed by atoms with Crippen LogP contribution in [-0.4, -0.2) is 9.97 Å². The van der Waals surface area contributed by atoms with Crippen LogP contribution < -0.4 is 11.1 Å². The third-order valence-corrected chi connectivity index (χ3v) is 2.47. The molecule has 0 aromatic carbocycles. The first-order valence-electron chi connectivity index (χ1n) is 5.36.